The lowest BCUT2D eigenvalue weighted by Gasteiger charge is -2.22. The maximum Gasteiger partial charge on any atom is 0.225 e. The molecule has 2 aromatic rings. The summed E-state index contributed by atoms with van der Waals surface area (Å²) in [5, 5.41) is 6.79. The van der Waals surface area contributed by atoms with Gasteiger partial charge in [-0.2, -0.15) is 0 Å². The molecule has 2 atom stereocenters. The highest BCUT2D eigenvalue weighted by molar-refractivity contribution is 7.80. The van der Waals surface area contributed by atoms with Gasteiger partial charge < -0.3 is 25.0 Å². The molecule has 0 unspecified atom stereocenters. The second-order valence-electron chi connectivity index (χ2n) is 7.38. The van der Waals surface area contributed by atoms with Crippen molar-refractivity contribution in [3.63, 3.8) is 0 Å². The van der Waals surface area contributed by atoms with Gasteiger partial charge in [0.15, 0.2) is 16.6 Å². The Morgan fingerprint density at radius 2 is 1.87 bits per heavy atom. The Morgan fingerprint density at radius 1 is 1.13 bits per heavy atom. The summed E-state index contributed by atoms with van der Waals surface area (Å²) < 4.78 is 24.2. The number of hydrogen-bond donors (Lipinski definition) is 2. The number of thiocarbonyl (C=S) groups is 1. The van der Waals surface area contributed by atoms with Crippen LogP contribution in [-0.2, 0) is 11.3 Å². The molecule has 8 heteroatoms. The van der Waals surface area contributed by atoms with Gasteiger partial charge >= 0.3 is 0 Å². The molecule has 31 heavy (non-hydrogen) atoms. The summed E-state index contributed by atoms with van der Waals surface area (Å²) in [6.45, 7) is 4.10. The van der Waals surface area contributed by atoms with Crippen molar-refractivity contribution in [2.45, 2.75) is 19.4 Å². The number of rotatable bonds is 7. The summed E-state index contributed by atoms with van der Waals surface area (Å²) in [4.78, 5) is 15.2. The zero-order valence-electron chi connectivity index (χ0n) is 18.0. The van der Waals surface area contributed by atoms with Gasteiger partial charge in [-0.05, 0) is 42.9 Å². The molecule has 1 saturated heterocycles. The molecule has 0 bridgehead atoms. The van der Waals surface area contributed by atoms with Crippen LogP contribution in [0.15, 0.2) is 42.5 Å². The van der Waals surface area contributed by atoms with Crippen LogP contribution in [0.1, 0.15) is 24.0 Å². The van der Waals surface area contributed by atoms with E-state index in [-0.39, 0.29) is 23.6 Å². The number of benzene rings is 2. The molecule has 166 valence electrons. The third-order valence-electron chi connectivity index (χ3n) is 5.48. The number of hydrogen-bond acceptors (Lipinski definition) is 4. The van der Waals surface area contributed by atoms with Crippen LogP contribution in [0.3, 0.4) is 0 Å². The third kappa shape index (κ3) is 5.25. The standard InChI is InChI=1S/C23H28FN3O3S/c1-4-25-23(31)27-13-18(17-6-5-7-20(29-2)21(17)30-3)19(14-27)22(28)26-12-15-8-10-16(24)11-9-15/h5-11,18-19H,4,12-14H2,1-3H3,(H,25,31)(H,26,28)/t18-,19+/m1/s1. The molecular weight excluding hydrogens is 417 g/mol. The molecule has 0 saturated carbocycles. The second kappa shape index (κ2) is 10.4. The highest BCUT2D eigenvalue weighted by atomic mass is 32.1. The molecule has 3 rings (SSSR count). The van der Waals surface area contributed by atoms with E-state index in [1.54, 1.807) is 26.4 Å². The van der Waals surface area contributed by atoms with Crippen molar-refractivity contribution in [1.29, 1.82) is 0 Å². The monoisotopic (exact) mass is 445 g/mol. The van der Waals surface area contributed by atoms with Crippen molar-refractivity contribution < 1.29 is 18.7 Å². The van der Waals surface area contributed by atoms with Gasteiger partial charge in [0.05, 0.1) is 20.1 Å². The molecule has 1 heterocycles. The van der Waals surface area contributed by atoms with Crippen LogP contribution in [0.25, 0.3) is 0 Å². The Hall–Kier alpha value is -2.87. The number of carbonyl (C=O) groups excluding carboxylic acids is 1. The van der Waals surface area contributed by atoms with Gasteiger partial charge in [0, 0.05) is 37.7 Å². The van der Waals surface area contributed by atoms with E-state index in [0.29, 0.717) is 42.8 Å². The summed E-state index contributed by atoms with van der Waals surface area (Å²) in [7, 11) is 3.19. The molecule has 0 radical (unpaired) electrons. The molecular formula is C23H28FN3O3S. The van der Waals surface area contributed by atoms with Crippen molar-refractivity contribution in [2.75, 3.05) is 33.9 Å². The summed E-state index contributed by atoms with van der Waals surface area (Å²) in [5.41, 5.74) is 1.74. The lowest BCUT2D eigenvalue weighted by molar-refractivity contribution is -0.125. The van der Waals surface area contributed by atoms with Crippen LogP contribution >= 0.6 is 12.2 Å². The van der Waals surface area contributed by atoms with Crippen LogP contribution in [0, 0.1) is 11.7 Å². The first-order valence-electron chi connectivity index (χ1n) is 10.2. The Kier molecular flexibility index (Phi) is 7.68. The quantitative estimate of drug-likeness (QED) is 0.639. The number of ether oxygens (including phenoxy) is 2. The number of para-hydroxylation sites is 1. The topological polar surface area (TPSA) is 62.8 Å². The first kappa shape index (κ1) is 22.8. The lowest BCUT2D eigenvalue weighted by atomic mass is 9.87. The molecule has 1 aliphatic heterocycles. The number of amides is 1. The van der Waals surface area contributed by atoms with E-state index in [2.05, 4.69) is 10.6 Å². The van der Waals surface area contributed by atoms with Crippen molar-refractivity contribution in [1.82, 2.24) is 15.5 Å². The van der Waals surface area contributed by atoms with Crippen molar-refractivity contribution in [3.05, 3.63) is 59.4 Å². The van der Waals surface area contributed by atoms with Crippen molar-refractivity contribution in [3.8, 4) is 11.5 Å². The highest BCUT2D eigenvalue weighted by Crippen LogP contribution is 2.42. The zero-order chi connectivity index (χ0) is 22.4. The average Bonchev–Trinajstić information content (AvgIpc) is 3.23. The average molecular weight is 446 g/mol. The fourth-order valence-electron chi connectivity index (χ4n) is 3.94. The van der Waals surface area contributed by atoms with E-state index < -0.39 is 0 Å². The second-order valence-corrected chi connectivity index (χ2v) is 7.77. The number of halogens is 1. The maximum absolute atomic E-state index is 13.2. The van der Waals surface area contributed by atoms with E-state index in [1.165, 1.54) is 12.1 Å². The zero-order valence-corrected chi connectivity index (χ0v) is 18.8. The Balaban J connectivity index is 1.85. The van der Waals surface area contributed by atoms with Crippen molar-refractivity contribution in [2.24, 2.45) is 5.92 Å². The minimum atomic E-state index is -0.335. The fourth-order valence-corrected chi connectivity index (χ4v) is 4.23. The minimum absolute atomic E-state index is 0.0824. The van der Waals surface area contributed by atoms with Gasteiger partial charge in [-0.1, -0.05) is 24.3 Å². The van der Waals surface area contributed by atoms with E-state index in [9.17, 15) is 9.18 Å². The lowest BCUT2D eigenvalue weighted by Crippen LogP contribution is -2.39. The Labute approximate surface area is 187 Å². The molecule has 1 fully saturated rings. The summed E-state index contributed by atoms with van der Waals surface area (Å²) in [6, 6.07) is 11.8. The molecule has 0 spiro atoms. The van der Waals surface area contributed by atoms with Crippen LogP contribution in [0.4, 0.5) is 4.39 Å². The normalized spacial score (nSPS) is 17.9. The molecule has 0 aromatic heterocycles. The first-order chi connectivity index (χ1) is 15.0. The van der Waals surface area contributed by atoms with Crippen LogP contribution < -0.4 is 20.1 Å². The van der Waals surface area contributed by atoms with E-state index in [4.69, 9.17) is 21.7 Å². The molecule has 2 N–H and O–H groups in total. The van der Waals surface area contributed by atoms with E-state index in [0.717, 1.165) is 11.1 Å². The molecule has 6 nitrogen and oxygen atoms in total. The van der Waals surface area contributed by atoms with Crippen LogP contribution in [-0.4, -0.2) is 49.8 Å². The van der Waals surface area contributed by atoms with Crippen molar-refractivity contribution >= 4 is 23.2 Å². The number of nitrogens with one attached hydrogen (secondary N) is 2. The number of nitrogens with zero attached hydrogens (tertiary/aromatic N) is 1. The van der Waals surface area contributed by atoms with Crippen LogP contribution in [0.5, 0.6) is 11.5 Å². The predicted molar refractivity (Wildman–Crippen MR) is 122 cm³/mol. The number of carbonyl (C=O) groups is 1. The van der Waals surface area contributed by atoms with Gasteiger partial charge in [0.2, 0.25) is 5.91 Å². The summed E-state index contributed by atoms with van der Waals surface area (Å²) in [5.74, 6) is 0.401. The summed E-state index contributed by atoms with van der Waals surface area (Å²) in [6.07, 6.45) is 0. The molecule has 2 aromatic carbocycles. The van der Waals surface area contributed by atoms with Gasteiger partial charge in [-0.3, -0.25) is 4.79 Å². The van der Waals surface area contributed by atoms with Gasteiger partial charge in [0.1, 0.15) is 5.82 Å². The maximum atomic E-state index is 13.2. The van der Waals surface area contributed by atoms with Gasteiger partial charge in [-0.15, -0.1) is 0 Å². The summed E-state index contributed by atoms with van der Waals surface area (Å²) >= 11 is 5.51. The number of methoxy groups -OCH3 is 2. The third-order valence-corrected chi connectivity index (χ3v) is 5.89. The largest absolute Gasteiger partial charge is 0.493 e. The number of likely N-dealkylation sites (tertiary alicyclic amines) is 1. The fraction of sp³-hybridized carbons (Fsp3) is 0.391. The molecule has 1 amide bonds. The predicted octanol–water partition coefficient (Wildman–Crippen LogP) is 3.07. The van der Waals surface area contributed by atoms with Gasteiger partial charge in [-0.25, -0.2) is 4.39 Å². The molecule has 0 aliphatic carbocycles. The Bertz CT molecular complexity index is 923. The van der Waals surface area contributed by atoms with Crippen LogP contribution in [0.2, 0.25) is 0 Å². The first-order valence-corrected chi connectivity index (χ1v) is 10.6. The smallest absolute Gasteiger partial charge is 0.225 e. The van der Waals surface area contributed by atoms with Gasteiger partial charge in [0.25, 0.3) is 0 Å². The Morgan fingerprint density at radius 3 is 2.52 bits per heavy atom. The van der Waals surface area contributed by atoms with E-state index in [1.807, 2.05) is 30.0 Å². The minimum Gasteiger partial charge on any atom is -0.493 e. The van der Waals surface area contributed by atoms with E-state index >= 15 is 0 Å². The highest BCUT2D eigenvalue weighted by Gasteiger charge is 2.41. The molecule has 1 aliphatic rings. The SMILES string of the molecule is CCNC(=S)N1C[C@H](C(=O)NCc2ccc(F)cc2)[C@@H](c2cccc(OC)c2OC)C1.